The van der Waals surface area contributed by atoms with E-state index in [1.54, 1.807) is 6.20 Å². The molecule has 2 aromatic rings. The maximum absolute atomic E-state index is 12.3. The summed E-state index contributed by atoms with van der Waals surface area (Å²) in [7, 11) is 0. The molecule has 1 N–H and O–H groups in total. The second-order valence-corrected chi connectivity index (χ2v) is 5.69. The van der Waals surface area contributed by atoms with Gasteiger partial charge in [0.25, 0.3) is 0 Å². The molecule has 1 aliphatic heterocycles. The van der Waals surface area contributed by atoms with Crippen molar-refractivity contribution in [2.75, 3.05) is 13.2 Å². The minimum Gasteiger partial charge on any atom is -0.491 e. The van der Waals surface area contributed by atoms with Crippen molar-refractivity contribution in [2.45, 2.75) is 26.4 Å². The van der Waals surface area contributed by atoms with E-state index in [0.29, 0.717) is 19.7 Å². The molecule has 5 heteroatoms. The molecular formula is C18H21N3O2. The van der Waals surface area contributed by atoms with E-state index in [1.807, 2.05) is 49.2 Å². The van der Waals surface area contributed by atoms with Crippen molar-refractivity contribution in [3.63, 3.8) is 0 Å². The summed E-state index contributed by atoms with van der Waals surface area (Å²) in [4.78, 5) is 18.3. The second kappa shape index (κ2) is 6.69. The maximum Gasteiger partial charge on any atom is 0.318 e. The van der Waals surface area contributed by atoms with E-state index in [1.165, 1.54) is 0 Å². The predicted molar refractivity (Wildman–Crippen MR) is 89.2 cm³/mol. The molecule has 5 nitrogen and oxygen atoms in total. The summed E-state index contributed by atoms with van der Waals surface area (Å²) in [5.41, 5.74) is 3.14. The summed E-state index contributed by atoms with van der Waals surface area (Å²) in [5.74, 6) is 0.844. The number of pyridine rings is 1. The van der Waals surface area contributed by atoms with Gasteiger partial charge in [0.1, 0.15) is 12.4 Å². The van der Waals surface area contributed by atoms with Gasteiger partial charge in [-0.25, -0.2) is 4.79 Å². The number of hydrogen-bond donors (Lipinski definition) is 1. The van der Waals surface area contributed by atoms with Crippen LogP contribution in [-0.2, 0) is 6.54 Å². The Morgan fingerprint density at radius 3 is 3.00 bits per heavy atom. The Bertz CT molecular complexity index is 688. The fraction of sp³-hybridized carbons (Fsp3) is 0.333. The van der Waals surface area contributed by atoms with E-state index in [2.05, 4.69) is 16.4 Å². The molecule has 2 heterocycles. The van der Waals surface area contributed by atoms with Crippen molar-refractivity contribution in [3.05, 3.63) is 48.3 Å². The Hall–Kier alpha value is -2.56. The zero-order valence-corrected chi connectivity index (χ0v) is 13.5. The molecule has 1 aliphatic rings. The molecule has 1 aromatic heterocycles. The third-order valence-electron chi connectivity index (χ3n) is 4.00. The number of urea groups is 1. The fourth-order valence-electron chi connectivity index (χ4n) is 2.72. The standard InChI is InChI=1S/C18H21N3O2/c1-3-20-18(22)21-11-16-9-14(15-5-4-8-19-10-15)6-7-17(16)23-12-13(21)2/h4-10,13H,3,11-12H2,1-2H3,(H,20,22)/t13-/m0/s1. The van der Waals surface area contributed by atoms with Crippen LogP contribution in [0.25, 0.3) is 11.1 Å². The number of rotatable bonds is 2. The van der Waals surface area contributed by atoms with E-state index in [9.17, 15) is 4.79 Å². The van der Waals surface area contributed by atoms with Gasteiger partial charge in [0.2, 0.25) is 0 Å². The first kappa shape index (κ1) is 15.3. The Kier molecular flexibility index (Phi) is 4.46. The first-order chi connectivity index (χ1) is 11.2. The smallest absolute Gasteiger partial charge is 0.318 e. The molecule has 0 saturated carbocycles. The molecule has 120 valence electrons. The molecule has 0 saturated heterocycles. The molecule has 1 atom stereocenters. The molecule has 0 aliphatic carbocycles. The topological polar surface area (TPSA) is 54.5 Å². The Labute approximate surface area is 136 Å². The van der Waals surface area contributed by atoms with Gasteiger partial charge in [-0.3, -0.25) is 4.98 Å². The lowest BCUT2D eigenvalue weighted by atomic mass is 10.0. The van der Waals surface area contributed by atoms with E-state index < -0.39 is 0 Å². The van der Waals surface area contributed by atoms with Gasteiger partial charge in [-0.2, -0.15) is 0 Å². The minimum absolute atomic E-state index is 0.0239. The summed E-state index contributed by atoms with van der Waals surface area (Å²) in [6.45, 7) is 5.58. The van der Waals surface area contributed by atoms with Gasteiger partial charge in [-0.05, 0) is 37.6 Å². The van der Waals surface area contributed by atoms with Gasteiger partial charge >= 0.3 is 6.03 Å². The summed E-state index contributed by atoms with van der Waals surface area (Å²) in [6.07, 6.45) is 3.60. The molecule has 0 spiro atoms. The zero-order chi connectivity index (χ0) is 16.2. The Morgan fingerprint density at radius 2 is 2.26 bits per heavy atom. The highest BCUT2D eigenvalue weighted by Gasteiger charge is 2.25. The first-order valence-electron chi connectivity index (χ1n) is 7.89. The third-order valence-corrected chi connectivity index (χ3v) is 4.00. The summed E-state index contributed by atoms with van der Waals surface area (Å²) in [6, 6.07) is 10.0. The van der Waals surface area contributed by atoms with Crippen LogP contribution < -0.4 is 10.1 Å². The lowest BCUT2D eigenvalue weighted by Crippen LogP contribution is -2.45. The Balaban J connectivity index is 1.92. The normalized spacial score (nSPS) is 17.0. The summed E-state index contributed by atoms with van der Waals surface area (Å²) in [5, 5.41) is 2.87. The predicted octanol–water partition coefficient (Wildman–Crippen LogP) is 3.06. The van der Waals surface area contributed by atoms with Crippen LogP contribution in [0.2, 0.25) is 0 Å². The highest BCUT2D eigenvalue weighted by molar-refractivity contribution is 5.75. The number of carbonyl (C=O) groups is 1. The number of hydrogen-bond acceptors (Lipinski definition) is 3. The number of fused-ring (bicyclic) bond motifs is 1. The molecular weight excluding hydrogens is 290 g/mol. The number of nitrogens with one attached hydrogen (secondary N) is 1. The number of amides is 2. The number of aromatic nitrogens is 1. The monoisotopic (exact) mass is 311 g/mol. The summed E-state index contributed by atoms with van der Waals surface area (Å²) >= 11 is 0. The molecule has 3 rings (SSSR count). The summed E-state index contributed by atoms with van der Waals surface area (Å²) < 4.78 is 5.87. The molecule has 0 bridgehead atoms. The minimum atomic E-state index is -0.0526. The molecule has 1 aromatic carbocycles. The van der Waals surface area contributed by atoms with Gasteiger partial charge in [-0.1, -0.05) is 12.1 Å². The van der Waals surface area contributed by atoms with Crippen molar-refractivity contribution in [2.24, 2.45) is 0 Å². The lowest BCUT2D eigenvalue weighted by Gasteiger charge is -2.26. The highest BCUT2D eigenvalue weighted by atomic mass is 16.5. The number of ether oxygens (including phenoxy) is 1. The highest BCUT2D eigenvalue weighted by Crippen LogP contribution is 2.30. The largest absolute Gasteiger partial charge is 0.491 e. The van der Waals surface area contributed by atoms with E-state index in [-0.39, 0.29) is 12.1 Å². The first-order valence-corrected chi connectivity index (χ1v) is 7.89. The number of nitrogens with zero attached hydrogens (tertiary/aromatic N) is 2. The quantitative estimate of drug-likeness (QED) is 0.927. The molecule has 0 radical (unpaired) electrons. The van der Waals surface area contributed by atoms with Gasteiger partial charge in [-0.15, -0.1) is 0 Å². The fourth-order valence-corrected chi connectivity index (χ4v) is 2.72. The van der Waals surface area contributed by atoms with Crippen molar-refractivity contribution in [3.8, 4) is 16.9 Å². The van der Waals surface area contributed by atoms with Crippen LogP contribution in [0.4, 0.5) is 4.79 Å². The van der Waals surface area contributed by atoms with Crippen LogP contribution in [0.15, 0.2) is 42.7 Å². The zero-order valence-electron chi connectivity index (χ0n) is 13.5. The van der Waals surface area contributed by atoms with E-state index >= 15 is 0 Å². The van der Waals surface area contributed by atoms with Crippen LogP contribution in [0, 0.1) is 0 Å². The number of carbonyl (C=O) groups excluding carboxylic acids is 1. The van der Waals surface area contributed by atoms with Crippen molar-refractivity contribution >= 4 is 6.03 Å². The van der Waals surface area contributed by atoms with Crippen LogP contribution in [0.1, 0.15) is 19.4 Å². The van der Waals surface area contributed by atoms with Gasteiger partial charge in [0, 0.05) is 30.1 Å². The van der Waals surface area contributed by atoms with Crippen LogP contribution in [-0.4, -0.2) is 35.1 Å². The van der Waals surface area contributed by atoms with Crippen LogP contribution >= 0.6 is 0 Å². The maximum atomic E-state index is 12.3. The third kappa shape index (κ3) is 3.28. The van der Waals surface area contributed by atoms with Crippen LogP contribution in [0.5, 0.6) is 5.75 Å². The van der Waals surface area contributed by atoms with Crippen molar-refractivity contribution in [1.29, 1.82) is 0 Å². The lowest BCUT2D eigenvalue weighted by molar-refractivity contribution is 0.157. The second-order valence-electron chi connectivity index (χ2n) is 5.69. The average Bonchev–Trinajstić information content (AvgIpc) is 2.75. The van der Waals surface area contributed by atoms with Crippen molar-refractivity contribution < 1.29 is 9.53 Å². The molecule has 2 amide bonds. The number of benzene rings is 1. The van der Waals surface area contributed by atoms with E-state index in [4.69, 9.17) is 4.74 Å². The SMILES string of the molecule is CCNC(=O)N1Cc2cc(-c3cccnc3)ccc2OC[C@@H]1C. The molecule has 23 heavy (non-hydrogen) atoms. The average molecular weight is 311 g/mol. The molecule has 0 fully saturated rings. The van der Waals surface area contributed by atoms with E-state index in [0.717, 1.165) is 22.4 Å². The van der Waals surface area contributed by atoms with Crippen molar-refractivity contribution in [1.82, 2.24) is 15.2 Å². The van der Waals surface area contributed by atoms with Crippen LogP contribution in [0.3, 0.4) is 0 Å². The van der Waals surface area contributed by atoms with Gasteiger partial charge in [0.15, 0.2) is 0 Å². The van der Waals surface area contributed by atoms with Gasteiger partial charge in [0.05, 0.1) is 12.6 Å². The Morgan fingerprint density at radius 1 is 1.39 bits per heavy atom. The molecule has 0 unspecified atom stereocenters. The van der Waals surface area contributed by atoms with Gasteiger partial charge < -0.3 is 15.0 Å².